The minimum atomic E-state index is -0.720. The summed E-state index contributed by atoms with van der Waals surface area (Å²) in [6.07, 6.45) is 0. The summed E-state index contributed by atoms with van der Waals surface area (Å²) in [5, 5.41) is 2.59. The molecule has 0 spiro atoms. The third-order valence-corrected chi connectivity index (χ3v) is 5.01. The van der Waals surface area contributed by atoms with Gasteiger partial charge in [-0.15, -0.1) is 0 Å². The van der Waals surface area contributed by atoms with Gasteiger partial charge >= 0.3 is 11.8 Å². The van der Waals surface area contributed by atoms with Crippen molar-refractivity contribution in [3.05, 3.63) is 70.8 Å². The Balaban J connectivity index is 1.57. The van der Waals surface area contributed by atoms with Crippen LogP contribution in [0.1, 0.15) is 35.3 Å². The van der Waals surface area contributed by atoms with Gasteiger partial charge in [-0.3, -0.25) is 14.4 Å². The Labute approximate surface area is 173 Å². The quantitative estimate of drug-likeness (QED) is 0.737. The van der Waals surface area contributed by atoms with Gasteiger partial charge in [-0.1, -0.05) is 18.2 Å². The minimum Gasteiger partial charge on any atom is -0.348 e. The van der Waals surface area contributed by atoms with Crippen LogP contribution in [0.5, 0.6) is 0 Å². The van der Waals surface area contributed by atoms with E-state index < -0.39 is 29.4 Å². The van der Waals surface area contributed by atoms with E-state index in [-0.39, 0.29) is 24.7 Å². The summed E-state index contributed by atoms with van der Waals surface area (Å²) in [6.45, 7) is 4.89. The van der Waals surface area contributed by atoms with E-state index in [2.05, 4.69) is 5.32 Å². The summed E-state index contributed by atoms with van der Waals surface area (Å²) in [7, 11) is 0. The lowest BCUT2D eigenvalue weighted by Gasteiger charge is -2.36. The summed E-state index contributed by atoms with van der Waals surface area (Å²) in [4.78, 5) is 39.8. The second-order valence-electron chi connectivity index (χ2n) is 7.43. The molecule has 3 rings (SSSR count). The number of rotatable bonds is 6. The Bertz CT molecular complexity index is 961. The molecule has 1 heterocycles. The van der Waals surface area contributed by atoms with Crippen molar-refractivity contribution in [1.82, 2.24) is 15.1 Å². The molecule has 6 nitrogen and oxygen atoms in total. The maximum Gasteiger partial charge on any atom is 0.312 e. The molecule has 1 aliphatic heterocycles. The molecule has 0 bridgehead atoms. The number of hydrogen-bond donors (Lipinski definition) is 1. The predicted molar refractivity (Wildman–Crippen MR) is 106 cm³/mol. The molecule has 1 saturated heterocycles. The molecule has 2 aromatic rings. The zero-order valence-corrected chi connectivity index (χ0v) is 16.8. The van der Waals surface area contributed by atoms with E-state index in [4.69, 9.17) is 0 Å². The molecule has 158 valence electrons. The number of piperazine rings is 1. The molecule has 0 radical (unpaired) electrons. The first-order valence-corrected chi connectivity index (χ1v) is 9.67. The van der Waals surface area contributed by atoms with Crippen LogP contribution in [0.25, 0.3) is 0 Å². The largest absolute Gasteiger partial charge is 0.348 e. The molecule has 0 unspecified atom stereocenters. The van der Waals surface area contributed by atoms with Gasteiger partial charge in [0.15, 0.2) is 0 Å². The number of amides is 3. The van der Waals surface area contributed by atoms with Crippen LogP contribution in [0, 0.1) is 11.6 Å². The zero-order valence-electron chi connectivity index (χ0n) is 16.8. The van der Waals surface area contributed by atoms with Crippen molar-refractivity contribution >= 4 is 17.7 Å². The van der Waals surface area contributed by atoms with Gasteiger partial charge in [0.2, 0.25) is 0 Å². The van der Waals surface area contributed by atoms with Gasteiger partial charge in [0, 0.05) is 49.4 Å². The number of carbonyl (C=O) groups is 3. The van der Waals surface area contributed by atoms with E-state index in [1.54, 1.807) is 29.2 Å². The first kappa shape index (κ1) is 21.4. The van der Waals surface area contributed by atoms with E-state index in [1.165, 1.54) is 11.0 Å². The second-order valence-corrected chi connectivity index (χ2v) is 7.43. The van der Waals surface area contributed by atoms with Crippen molar-refractivity contribution in [1.29, 1.82) is 0 Å². The molecule has 2 aromatic carbocycles. The first-order valence-electron chi connectivity index (χ1n) is 9.67. The van der Waals surface area contributed by atoms with Crippen LogP contribution in [0.3, 0.4) is 0 Å². The van der Waals surface area contributed by atoms with Crippen LogP contribution in [-0.2, 0) is 22.7 Å². The number of nitrogens with zero attached hydrogens (tertiary/aromatic N) is 2. The molecule has 0 saturated carbocycles. The maximum absolute atomic E-state index is 13.7. The summed E-state index contributed by atoms with van der Waals surface area (Å²) in [5.41, 5.74) is 1.34. The van der Waals surface area contributed by atoms with Gasteiger partial charge in [0.1, 0.15) is 11.6 Å². The van der Waals surface area contributed by atoms with E-state index in [0.717, 1.165) is 17.7 Å². The number of hydrogen-bond acceptors (Lipinski definition) is 3. The monoisotopic (exact) mass is 415 g/mol. The highest BCUT2D eigenvalue weighted by molar-refractivity contribution is 6.35. The van der Waals surface area contributed by atoms with Gasteiger partial charge in [0.25, 0.3) is 5.91 Å². The normalized spacial score (nSPS) is 14.4. The first-order chi connectivity index (χ1) is 14.3. The molecular weight excluding hydrogens is 392 g/mol. The highest BCUT2D eigenvalue weighted by Crippen LogP contribution is 2.14. The van der Waals surface area contributed by atoms with Gasteiger partial charge in [-0.05, 0) is 37.6 Å². The molecule has 1 fully saturated rings. The lowest BCUT2D eigenvalue weighted by molar-refractivity contribution is -0.157. The van der Waals surface area contributed by atoms with E-state index in [9.17, 15) is 23.2 Å². The topological polar surface area (TPSA) is 69.7 Å². The predicted octanol–water partition coefficient (Wildman–Crippen LogP) is 2.47. The van der Waals surface area contributed by atoms with Crippen molar-refractivity contribution in [2.75, 3.05) is 13.1 Å². The maximum atomic E-state index is 13.7. The van der Waals surface area contributed by atoms with Crippen LogP contribution in [-0.4, -0.2) is 46.7 Å². The Hall–Kier alpha value is -3.29. The Morgan fingerprint density at radius 1 is 1.03 bits per heavy atom. The molecule has 0 atom stereocenters. The Morgan fingerprint density at radius 2 is 1.73 bits per heavy atom. The number of benzene rings is 2. The summed E-state index contributed by atoms with van der Waals surface area (Å²) < 4.78 is 26.6. The smallest absolute Gasteiger partial charge is 0.312 e. The van der Waals surface area contributed by atoms with Crippen molar-refractivity contribution in [2.24, 2.45) is 0 Å². The van der Waals surface area contributed by atoms with Crippen molar-refractivity contribution in [2.45, 2.75) is 33.0 Å². The molecule has 0 aliphatic carbocycles. The summed E-state index contributed by atoms with van der Waals surface area (Å²) >= 11 is 0. The number of carbonyl (C=O) groups excluding carboxylic acids is 3. The molecular formula is C22H23F2N3O3. The van der Waals surface area contributed by atoms with Crippen LogP contribution in [0.4, 0.5) is 8.78 Å². The SMILES string of the molecule is CC(C)N1CCN(Cc2ccc(C(=O)NCc3ccc(F)cc3F)cc2)C(=O)C1=O. The third-order valence-electron chi connectivity index (χ3n) is 5.01. The number of halogens is 2. The van der Waals surface area contributed by atoms with Gasteiger partial charge in [-0.25, -0.2) is 8.78 Å². The molecule has 1 aliphatic rings. The van der Waals surface area contributed by atoms with Crippen LogP contribution < -0.4 is 5.32 Å². The van der Waals surface area contributed by atoms with Crippen LogP contribution in [0.2, 0.25) is 0 Å². The lowest BCUT2D eigenvalue weighted by Crippen LogP contribution is -2.55. The fourth-order valence-corrected chi connectivity index (χ4v) is 3.26. The van der Waals surface area contributed by atoms with Gasteiger partial charge in [0.05, 0.1) is 0 Å². The number of nitrogens with one attached hydrogen (secondary N) is 1. The minimum absolute atomic E-state index is 0.0234. The second kappa shape index (κ2) is 9.02. The molecule has 3 amide bonds. The van der Waals surface area contributed by atoms with Gasteiger partial charge in [-0.2, -0.15) is 0 Å². The van der Waals surface area contributed by atoms with Crippen molar-refractivity contribution in [3.8, 4) is 0 Å². The average Bonchev–Trinajstić information content (AvgIpc) is 2.71. The highest BCUT2D eigenvalue weighted by Gasteiger charge is 2.33. The average molecular weight is 415 g/mol. The van der Waals surface area contributed by atoms with Crippen LogP contribution >= 0.6 is 0 Å². The zero-order chi connectivity index (χ0) is 21.8. The molecule has 1 N–H and O–H groups in total. The van der Waals surface area contributed by atoms with Crippen molar-refractivity contribution in [3.63, 3.8) is 0 Å². The fraction of sp³-hybridized carbons (Fsp3) is 0.318. The fourth-order valence-electron chi connectivity index (χ4n) is 3.26. The van der Waals surface area contributed by atoms with E-state index >= 15 is 0 Å². The molecule has 8 heteroatoms. The Morgan fingerprint density at radius 3 is 2.37 bits per heavy atom. The van der Waals surface area contributed by atoms with E-state index in [0.29, 0.717) is 18.7 Å². The third kappa shape index (κ3) is 4.82. The molecule has 0 aromatic heterocycles. The summed E-state index contributed by atoms with van der Waals surface area (Å²) in [6, 6.07) is 9.77. The summed E-state index contributed by atoms with van der Waals surface area (Å²) in [5.74, 6) is -2.83. The van der Waals surface area contributed by atoms with Gasteiger partial charge < -0.3 is 15.1 Å². The Kier molecular flexibility index (Phi) is 6.44. The highest BCUT2D eigenvalue weighted by atomic mass is 19.1. The van der Waals surface area contributed by atoms with E-state index in [1.807, 2.05) is 13.8 Å². The molecule has 30 heavy (non-hydrogen) atoms. The van der Waals surface area contributed by atoms with Crippen LogP contribution in [0.15, 0.2) is 42.5 Å². The van der Waals surface area contributed by atoms with Crippen molar-refractivity contribution < 1.29 is 23.2 Å². The lowest BCUT2D eigenvalue weighted by atomic mass is 10.1. The standard InChI is InChI=1S/C22H23F2N3O3/c1-14(2)27-10-9-26(21(29)22(27)30)13-15-3-5-16(6-4-15)20(28)25-12-17-7-8-18(23)11-19(17)24/h3-8,11,14H,9-10,12-13H2,1-2H3,(H,25,28).